The fourth-order valence-corrected chi connectivity index (χ4v) is 2.79. The SMILES string of the molecule is O=C1NCCc2[nH]c(-c3ccnc(-c4c(F)ccc(F)c4F)n3)cc21. The summed E-state index contributed by atoms with van der Waals surface area (Å²) in [5.74, 6) is -3.95. The number of amides is 1. The fourth-order valence-electron chi connectivity index (χ4n) is 2.79. The number of aromatic nitrogens is 3. The second-order valence-corrected chi connectivity index (χ2v) is 5.56. The van der Waals surface area contributed by atoms with E-state index in [9.17, 15) is 18.0 Å². The minimum Gasteiger partial charge on any atom is -0.356 e. The van der Waals surface area contributed by atoms with Gasteiger partial charge in [-0.25, -0.2) is 23.1 Å². The molecule has 0 saturated heterocycles. The van der Waals surface area contributed by atoms with E-state index in [1.165, 1.54) is 12.3 Å². The molecule has 0 atom stereocenters. The van der Waals surface area contributed by atoms with E-state index < -0.39 is 23.0 Å². The smallest absolute Gasteiger partial charge is 0.253 e. The maximum atomic E-state index is 14.0. The van der Waals surface area contributed by atoms with Crippen LogP contribution in [0.4, 0.5) is 13.2 Å². The molecule has 126 valence electrons. The third-order valence-electron chi connectivity index (χ3n) is 4.00. The Morgan fingerprint density at radius 1 is 1.08 bits per heavy atom. The molecule has 1 aromatic carbocycles. The first-order chi connectivity index (χ1) is 12.0. The number of carbonyl (C=O) groups is 1. The van der Waals surface area contributed by atoms with Crippen molar-refractivity contribution < 1.29 is 18.0 Å². The maximum Gasteiger partial charge on any atom is 0.253 e. The third-order valence-corrected chi connectivity index (χ3v) is 4.00. The number of nitrogens with zero attached hydrogens (tertiary/aromatic N) is 2. The third kappa shape index (κ3) is 2.55. The van der Waals surface area contributed by atoms with Crippen molar-refractivity contribution in [2.24, 2.45) is 0 Å². The summed E-state index contributed by atoms with van der Waals surface area (Å²) in [5, 5.41) is 2.73. The van der Waals surface area contributed by atoms with E-state index in [-0.39, 0.29) is 11.7 Å². The molecule has 5 nitrogen and oxygen atoms in total. The summed E-state index contributed by atoms with van der Waals surface area (Å²) in [6.45, 7) is 0.528. The number of hydrogen-bond acceptors (Lipinski definition) is 3. The van der Waals surface area contributed by atoms with Crippen molar-refractivity contribution in [3.8, 4) is 22.8 Å². The number of H-pyrrole nitrogens is 1. The van der Waals surface area contributed by atoms with E-state index in [0.29, 0.717) is 36.0 Å². The molecule has 0 fully saturated rings. The van der Waals surface area contributed by atoms with Gasteiger partial charge in [-0.3, -0.25) is 4.79 Å². The molecule has 25 heavy (non-hydrogen) atoms. The van der Waals surface area contributed by atoms with Crippen molar-refractivity contribution >= 4 is 5.91 Å². The molecule has 1 amide bonds. The minimum absolute atomic E-state index is 0.194. The topological polar surface area (TPSA) is 70.7 Å². The number of nitrogens with one attached hydrogen (secondary N) is 2. The second-order valence-electron chi connectivity index (χ2n) is 5.56. The first-order valence-electron chi connectivity index (χ1n) is 7.52. The van der Waals surface area contributed by atoms with Crippen LogP contribution in [0.3, 0.4) is 0 Å². The highest BCUT2D eigenvalue weighted by molar-refractivity contribution is 5.97. The molecule has 0 spiro atoms. The van der Waals surface area contributed by atoms with Gasteiger partial charge in [0.15, 0.2) is 17.5 Å². The Hall–Kier alpha value is -3.16. The number of aromatic amines is 1. The van der Waals surface area contributed by atoms with Gasteiger partial charge in [-0.1, -0.05) is 0 Å². The second kappa shape index (κ2) is 5.73. The van der Waals surface area contributed by atoms with Crippen LogP contribution in [-0.4, -0.2) is 27.4 Å². The van der Waals surface area contributed by atoms with E-state index >= 15 is 0 Å². The highest BCUT2D eigenvalue weighted by Crippen LogP contribution is 2.28. The van der Waals surface area contributed by atoms with Crippen LogP contribution in [0.5, 0.6) is 0 Å². The van der Waals surface area contributed by atoms with Crippen molar-refractivity contribution in [2.45, 2.75) is 6.42 Å². The van der Waals surface area contributed by atoms with Gasteiger partial charge in [-0.2, -0.15) is 0 Å². The molecule has 0 radical (unpaired) electrons. The normalized spacial score (nSPS) is 13.5. The molecule has 3 aromatic rings. The van der Waals surface area contributed by atoms with Gasteiger partial charge in [0.1, 0.15) is 5.82 Å². The quantitative estimate of drug-likeness (QED) is 0.703. The summed E-state index contributed by atoms with van der Waals surface area (Å²) < 4.78 is 41.3. The van der Waals surface area contributed by atoms with E-state index in [1.807, 2.05) is 0 Å². The molecule has 8 heteroatoms. The standard InChI is InChI=1S/C17H11F3N4O/c18-9-1-2-10(19)15(20)14(9)16-21-5-4-12(24-16)13-7-8-11(23-13)3-6-22-17(8)25/h1-2,4-5,7,23H,3,6H2,(H,22,25). The largest absolute Gasteiger partial charge is 0.356 e. The zero-order chi connectivity index (χ0) is 17.6. The zero-order valence-electron chi connectivity index (χ0n) is 12.7. The number of benzene rings is 1. The van der Waals surface area contributed by atoms with Crippen LogP contribution < -0.4 is 5.32 Å². The number of rotatable bonds is 2. The van der Waals surface area contributed by atoms with E-state index in [1.54, 1.807) is 6.07 Å². The Bertz CT molecular complexity index is 1000. The number of hydrogen-bond donors (Lipinski definition) is 2. The molecule has 1 aliphatic rings. The first kappa shape index (κ1) is 15.4. The monoisotopic (exact) mass is 344 g/mol. The van der Waals surface area contributed by atoms with Gasteiger partial charge in [-0.15, -0.1) is 0 Å². The summed E-state index contributed by atoms with van der Waals surface area (Å²) in [7, 11) is 0. The van der Waals surface area contributed by atoms with Crippen LogP contribution in [0.15, 0.2) is 30.5 Å². The maximum absolute atomic E-state index is 14.0. The van der Waals surface area contributed by atoms with Crippen LogP contribution in [0, 0.1) is 17.5 Å². The summed E-state index contributed by atoms with van der Waals surface area (Å²) in [4.78, 5) is 22.9. The molecule has 0 saturated carbocycles. The van der Waals surface area contributed by atoms with Crippen molar-refractivity contribution in [3.63, 3.8) is 0 Å². The molecule has 1 aliphatic heterocycles. The summed E-state index contributed by atoms with van der Waals surface area (Å²) in [6.07, 6.45) is 1.97. The lowest BCUT2D eigenvalue weighted by atomic mass is 10.1. The lowest BCUT2D eigenvalue weighted by Gasteiger charge is -2.10. The van der Waals surface area contributed by atoms with E-state index in [0.717, 1.165) is 11.8 Å². The molecular weight excluding hydrogens is 333 g/mol. The lowest BCUT2D eigenvalue weighted by molar-refractivity contribution is 0.0946. The van der Waals surface area contributed by atoms with Crippen LogP contribution >= 0.6 is 0 Å². The number of halogens is 3. The van der Waals surface area contributed by atoms with Crippen molar-refractivity contribution in [3.05, 3.63) is 59.2 Å². The van der Waals surface area contributed by atoms with Crippen molar-refractivity contribution in [1.29, 1.82) is 0 Å². The zero-order valence-corrected chi connectivity index (χ0v) is 12.7. The average Bonchev–Trinajstić information content (AvgIpc) is 3.05. The summed E-state index contributed by atoms with van der Waals surface area (Å²) >= 11 is 0. The number of fused-ring (bicyclic) bond motifs is 1. The Labute approximate surface area is 139 Å². The average molecular weight is 344 g/mol. The molecule has 0 unspecified atom stereocenters. The Balaban J connectivity index is 1.81. The van der Waals surface area contributed by atoms with Crippen LogP contribution in [0.1, 0.15) is 16.1 Å². The Kier molecular flexibility index (Phi) is 3.52. The van der Waals surface area contributed by atoms with Gasteiger partial charge < -0.3 is 10.3 Å². The van der Waals surface area contributed by atoms with Crippen LogP contribution in [-0.2, 0) is 6.42 Å². The predicted molar refractivity (Wildman–Crippen MR) is 83.2 cm³/mol. The van der Waals surface area contributed by atoms with E-state index in [4.69, 9.17) is 0 Å². The minimum atomic E-state index is -1.35. The molecule has 2 aromatic heterocycles. The Morgan fingerprint density at radius 3 is 2.68 bits per heavy atom. The van der Waals surface area contributed by atoms with Crippen molar-refractivity contribution in [1.82, 2.24) is 20.3 Å². The van der Waals surface area contributed by atoms with E-state index in [2.05, 4.69) is 20.3 Å². The van der Waals surface area contributed by atoms with Gasteiger partial charge in [0, 0.05) is 24.9 Å². The fraction of sp³-hybridized carbons (Fsp3) is 0.118. The molecule has 4 rings (SSSR count). The molecule has 0 aliphatic carbocycles. The van der Waals surface area contributed by atoms with Gasteiger partial charge in [0.05, 0.1) is 22.5 Å². The Morgan fingerprint density at radius 2 is 1.88 bits per heavy atom. The molecule has 3 heterocycles. The van der Waals surface area contributed by atoms with Gasteiger partial charge in [-0.05, 0) is 24.3 Å². The molecular formula is C17H11F3N4O. The van der Waals surface area contributed by atoms with Gasteiger partial charge in [0.25, 0.3) is 5.91 Å². The van der Waals surface area contributed by atoms with Crippen LogP contribution in [0.2, 0.25) is 0 Å². The molecule has 0 bridgehead atoms. The summed E-state index contributed by atoms with van der Waals surface area (Å²) in [6, 6.07) is 4.68. The lowest BCUT2D eigenvalue weighted by Crippen LogP contribution is -2.31. The highest BCUT2D eigenvalue weighted by atomic mass is 19.2. The molecule has 2 N–H and O–H groups in total. The van der Waals surface area contributed by atoms with Crippen molar-refractivity contribution in [2.75, 3.05) is 6.54 Å². The van der Waals surface area contributed by atoms with Crippen LogP contribution in [0.25, 0.3) is 22.8 Å². The number of carbonyl (C=O) groups excluding carboxylic acids is 1. The first-order valence-corrected chi connectivity index (χ1v) is 7.52. The highest BCUT2D eigenvalue weighted by Gasteiger charge is 2.22. The van der Waals surface area contributed by atoms with Gasteiger partial charge in [0.2, 0.25) is 0 Å². The van der Waals surface area contributed by atoms with Gasteiger partial charge >= 0.3 is 0 Å². The predicted octanol–water partition coefficient (Wildman–Crippen LogP) is 2.84. The summed E-state index contributed by atoms with van der Waals surface area (Å²) in [5.41, 5.74) is 1.50.